The minimum atomic E-state index is -1.28. The SMILES string of the molecule is COc1ccc(COC(=O)c2ccc(C(=O)[O-])cc2)cc1.[Ag+]. The van der Waals surface area contributed by atoms with Gasteiger partial charge in [-0.2, -0.15) is 0 Å². The first-order chi connectivity index (χ1) is 10.1. The number of hydrogen-bond acceptors (Lipinski definition) is 5. The summed E-state index contributed by atoms with van der Waals surface area (Å²) in [6.07, 6.45) is 0. The topological polar surface area (TPSA) is 75.7 Å². The van der Waals surface area contributed by atoms with E-state index in [1.165, 1.54) is 24.3 Å². The smallest absolute Gasteiger partial charge is 0.545 e. The molecule has 118 valence electrons. The van der Waals surface area contributed by atoms with Crippen LogP contribution in [0.15, 0.2) is 48.5 Å². The average molecular weight is 393 g/mol. The molecule has 0 saturated carbocycles. The molecule has 6 heteroatoms. The molecule has 0 amide bonds. The average Bonchev–Trinajstić information content (AvgIpc) is 2.53. The summed E-state index contributed by atoms with van der Waals surface area (Å²) < 4.78 is 10.2. The maximum absolute atomic E-state index is 11.8. The number of methoxy groups -OCH3 is 1. The number of benzene rings is 2. The van der Waals surface area contributed by atoms with Crippen molar-refractivity contribution in [2.45, 2.75) is 6.61 Å². The standard InChI is InChI=1S/C16H14O5.Ag/c1-20-14-8-2-11(3-9-14)10-21-16(19)13-6-4-12(5-7-13)15(17)18;/h2-9H,10H2,1H3,(H,17,18);/q;+1/p-1. The van der Waals surface area contributed by atoms with Crippen LogP contribution < -0.4 is 9.84 Å². The normalized spacial score (nSPS) is 9.50. The van der Waals surface area contributed by atoms with Gasteiger partial charge in [0, 0.05) is 0 Å². The van der Waals surface area contributed by atoms with Gasteiger partial charge in [-0.15, -0.1) is 0 Å². The van der Waals surface area contributed by atoms with Crippen LogP contribution in [0, 0.1) is 0 Å². The molecule has 0 N–H and O–H groups in total. The van der Waals surface area contributed by atoms with E-state index >= 15 is 0 Å². The quantitative estimate of drug-likeness (QED) is 0.568. The number of carboxylic acids is 1. The number of aromatic carboxylic acids is 1. The molecule has 0 aromatic heterocycles. The van der Waals surface area contributed by atoms with E-state index in [4.69, 9.17) is 9.47 Å². The van der Waals surface area contributed by atoms with Gasteiger partial charge < -0.3 is 19.4 Å². The molecule has 0 aliphatic rings. The van der Waals surface area contributed by atoms with Crippen LogP contribution in [0.4, 0.5) is 0 Å². The van der Waals surface area contributed by atoms with Gasteiger partial charge in [-0.1, -0.05) is 24.3 Å². The maximum Gasteiger partial charge on any atom is 1.00 e. The van der Waals surface area contributed by atoms with Crippen molar-refractivity contribution in [1.82, 2.24) is 0 Å². The molecule has 0 aliphatic heterocycles. The van der Waals surface area contributed by atoms with Gasteiger partial charge in [-0.05, 0) is 35.4 Å². The van der Waals surface area contributed by atoms with Crippen molar-refractivity contribution in [2.24, 2.45) is 0 Å². The third-order valence-corrected chi connectivity index (χ3v) is 2.89. The van der Waals surface area contributed by atoms with Gasteiger partial charge in [0.25, 0.3) is 0 Å². The second-order valence-corrected chi connectivity index (χ2v) is 4.29. The van der Waals surface area contributed by atoms with Gasteiger partial charge in [0.1, 0.15) is 12.4 Å². The predicted molar refractivity (Wildman–Crippen MR) is 72.9 cm³/mol. The molecule has 0 heterocycles. The number of carboxylic acid groups (broad SMARTS) is 1. The maximum atomic E-state index is 11.8. The van der Waals surface area contributed by atoms with Crippen LogP contribution in [0.1, 0.15) is 26.3 Å². The Morgan fingerprint density at radius 1 is 0.955 bits per heavy atom. The first-order valence-electron chi connectivity index (χ1n) is 6.21. The van der Waals surface area contributed by atoms with Crippen LogP contribution in [-0.4, -0.2) is 19.0 Å². The molecule has 0 fully saturated rings. The van der Waals surface area contributed by atoms with Crippen molar-refractivity contribution in [1.29, 1.82) is 0 Å². The van der Waals surface area contributed by atoms with Crippen molar-refractivity contribution in [3.8, 4) is 5.75 Å². The summed E-state index contributed by atoms with van der Waals surface area (Å²) in [5, 5.41) is 10.6. The molecular weight excluding hydrogens is 380 g/mol. The van der Waals surface area contributed by atoms with Crippen LogP contribution in [0.3, 0.4) is 0 Å². The first-order valence-corrected chi connectivity index (χ1v) is 6.21. The Kier molecular flexibility index (Phi) is 6.85. The van der Waals surface area contributed by atoms with Gasteiger partial charge in [-0.25, -0.2) is 4.79 Å². The molecule has 0 unspecified atom stereocenters. The predicted octanol–water partition coefficient (Wildman–Crippen LogP) is 1.41. The molecule has 0 atom stereocenters. The number of hydrogen-bond donors (Lipinski definition) is 0. The van der Waals surface area contributed by atoms with E-state index in [0.29, 0.717) is 0 Å². The van der Waals surface area contributed by atoms with Crippen LogP contribution in [0.2, 0.25) is 0 Å². The minimum absolute atomic E-state index is 0. The Labute approximate surface area is 143 Å². The van der Waals surface area contributed by atoms with Crippen molar-refractivity contribution in [3.63, 3.8) is 0 Å². The van der Waals surface area contributed by atoms with Crippen LogP contribution in [-0.2, 0) is 33.7 Å². The number of carbonyl (C=O) groups is 2. The van der Waals surface area contributed by atoms with Gasteiger partial charge in [0.2, 0.25) is 0 Å². The zero-order chi connectivity index (χ0) is 15.2. The van der Waals surface area contributed by atoms with Crippen LogP contribution >= 0.6 is 0 Å². The summed E-state index contributed by atoms with van der Waals surface area (Å²) in [5.74, 6) is -1.08. The number of rotatable bonds is 5. The van der Waals surface area contributed by atoms with Crippen molar-refractivity contribution in [2.75, 3.05) is 7.11 Å². The van der Waals surface area contributed by atoms with E-state index in [2.05, 4.69) is 0 Å². The summed E-state index contributed by atoms with van der Waals surface area (Å²) in [6.45, 7) is 0.130. The third-order valence-electron chi connectivity index (χ3n) is 2.89. The Morgan fingerprint density at radius 3 is 2.00 bits per heavy atom. The summed E-state index contributed by atoms with van der Waals surface area (Å²) >= 11 is 0. The fourth-order valence-electron chi connectivity index (χ4n) is 1.70. The summed E-state index contributed by atoms with van der Waals surface area (Å²) in [6, 6.07) is 12.5. The molecule has 0 spiro atoms. The van der Waals surface area contributed by atoms with E-state index in [1.807, 2.05) is 0 Å². The second-order valence-electron chi connectivity index (χ2n) is 4.29. The van der Waals surface area contributed by atoms with E-state index in [1.54, 1.807) is 31.4 Å². The van der Waals surface area contributed by atoms with Crippen LogP contribution in [0.25, 0.3) is 0 Å². The summed E-state index contributed by atoms with van der Waals surface area (Å²) in [5.41, 5.74) is 1.13. The molecule has 0 aliphatic carbocycles. The number of esters is 1. The summed E-state index contributed by atoms with van der Waals surface area (Å²) in [4.78, 5) is 22.4. The van der Waals surface area contributed by atoms with Gasteiger partial charge in [0.05, 0.1) is 18.6 Å². The molecule has 0 bridgehead atoms. The van der Waals surface area contributed by atoms with Gasteiger partial charge in [0.15, 0.2) is 0 Å². The van der Waals surface area contributed by atoms with E-state index < -0.39 is 11.9 Å². The van der Waals surface area contributed by atoms with E-state index in [0.717, 1.165) is 11.3 Å². The number of ether oxygens (including phenoxy) is 2. The molecule has 0 saturated heterocycles. The number of carbonyl (C=O) groups excluding carboxylic acids is 2. The van der Waals surface area contributed by atoms with E-state index in [-0.39, 0.29) is 40.1 Å². The van der Waals surface area contributed by atoms with Gasteiger partial charge >= 0.3 is 28.3 Å². The zero-order valence-corrected chi connectivity index (χ0v) is 13.2. The van der Waals surface area contributed by atoms with Crippen molar-refractivity contribution < 1.29 is 46.5 Å². The monoisotopic (exact) mass is 392 g/mol. The minimum Gasteiger partial charge on any atom is -0.545 e. The fraction of sp³-hybridized carbons (Fsp3) is 0.125. The second kappa shape index (κ2) is 8.38. The molecule has 2 aromatic rings. The molecule has 2 aromatic carbocycles. The molecule has 5 nitrogen and oxygen atoms in total. The fourth-order valence-corrected chi connectivity index (χ4v) is 1.70. The Morgan fingerprint density at radius 2 is 1.50 bits per heavy atom. The largest absolute Gasteiger partial charge is 1.00 e. The van der Waals surface area contributed by atoms with Crippen molar-refractivity contribution >= 4 is 11.9 Å². The summed E-state index contributed by atoms with van der Waals surface area (Å²) in [7, 11) is 1.57. The van der Waals surface area contributed by atoms with Gasteiger partial charge in [-0.3, -0.25) is 0 Å². The molecular formula is C16H13AgO5. The molecule has 22 heavy (non-hydrogen) atoms. The van der Waals surface area contributed by atoms with E-state index in [9.17, 15) is 14.7 Å². The zero-order valence-electron chi connectivity index (χ0n) is 11.7. The van der Waals surface area contributed by atoms with Crippen molar-refractivity contribution in [3.05, 3.63) is 65.2 Å². The Bertz CT molecular complexity index is 635. The Balaban J connectivity index is 0.00000242. The van der Waals surface area contributed by atoms with Crippen LogP contribution in [0.5, 0.6) is 5.75 Å². The Hall–Kier alpha value is -2.08. The third kappa shape index (κ3) is 4.73. The molecule has 2 rings (SSSR count). The molecule has 0 radical (unpaired) electrons. The first kappa shape index (κ1) is 18.0.